The predicted molar refractivity (Wildman–Crippen MR) is 165 cm³/mol. The number of hydrogen-bond donors (Lipinski definition) is 3. The smallest absolute Gasteiger partial charge is 0.390 e. The Morgan fingerprint density at radius 2 is 1.53 bits per heavy atom. The van der Waals surface area contributed by atoms with Gasteiger partial charge in [0.1, 0.15) is 5.01 Å². The number of rotatable bonds is 12. The molecule has 0 aliphatic heterocycles. The fourth-order valence-corrected chi connectivity index (χ4v) is 5.62. The number of hydrogen-bond acceptors (Lipinski definition) is 6. The molecule has 47 heavy (non-hydrogen) atoms. The fourth-order valence-electron chi connectivity index (χ4n) is 4.79. The summed E-state index contributed by atoms with van der Waals surface area (Å²) in [6, 6.07) is 15.3. The molecule has 0 unspecified atom stereocenters. The first-order valence-corrected chi connectivity index (χ1v) is 15.3. The van der Waals surface area contributed by atoms with E-state index in [1.54, 1.807) is 49.5 Å². The minimum Gasteiger partial charge on any atom is -0.390 e. The van der Waals surface area contributed by atoms with Gasteiger partial charge in [-0.05, 0) is 60.9 Å². The number of nitrogens with one attached hydrogen (secondary N) is 2. The molecule has 0 bridgehead atoms. The van der Waals surface area contributed by atoms with Crippen LogP contribution in [0, 0.1) is 6.92 Å². The fraction of sp³-hybridized carbons (Fsp3) is 0.303. The van der Waals surface area contributed by atoms with Crippen molar-refractivity contribution in [2.75, 3.05) is 13.6 Å². The Kier molecular flexibility index (Phi) is 11.4. The molecule has 4 aromatic rings. The lowest BCUT2D eigenvalue weighted by Crippen LogP contribution is -2.48. The average Bonchev–Trinajstić information content (AvgIpc) is 3.43. The molecule has 2 amide bonds. The number of halogens is 6. The predicted octanol–water partition coefficient (Wildman–Crippen LogP) is 6.25. The molecule has 1 heterocycles. The van der Waals surface area contributed by atoms with Gasteiger partial charge in [0.15, 0.2) is 0 Å². The van der Waals surface area contributed by atoms with Crippen LogP contribution in [0.3, 0.4) is 0 Å². The number of aliphatic hydroxyl groups excluding tert-OH is 1. The Bertz CT molecular complexity index is 1640. The first-order chi connectivity index (χ1) is 22.1. The van der Waals surface area contributed by atoms with E-state index in [0.717, 1.165) is 16.3 Å². The first-order valence-electron chi connectivity index (χ1n) is 14.4. The Labute approximate surface area is 271 Å². The number of aryl methyl sites for hydroxylation is 1. The van der Waals surface area contributed by atoms with Gasteiger partial charge in [-0.15, -0.1) is 11.3 Å². The number of benzene rings is 3. The van der Waals surface area contributed by atoms with Crippen molar-refractivity contribution in [2.24, 2.45) is 0 Å². The molecule has 14 heteroatoms. The summed E-state index contributed by atoms with van der Waals surface area (Å²) in [7, 11) is 1.62. The minimum atomic E-state index is -4.99. The summed E-state index contributed by atoms with van der Waals surface area (Å²) in [5.74, 6) is -0.925. The monoisotopic (exact) mass is 678 g/mol. The third-order valence-electron chi connectivity index (χ3n) is 7.17. The third-order valence-corrected chi connectivity index (χ3v) is 8.12. The van der Waals surface area contributed by atoms with Crippen molar-refractivity contribution < 1.29 is 41.0 Å². The lowest BCUT2D eigenvalue weighted by Gasteiger charge is -2.25. The number of nitrogens with zero attached hydrogens (tertiary/aromatic N) is 2. The SMILES string of the molecule is Cc1csc(CN(C)C(=O)c2cccc(C(=O)N[C@@H](Cc3ccccc3)[C@H](O)CNCc3cc(C(F)(F)F)cc(C(F)(F)F)c3)c2)n1. The number of carbonyl (C=O) groups is 2. The van der Waals surface area contributed by atoms with Gasteiger partial charge in [-0.25, -0.2) is 4.98 Å². The van der Waals surface area contributed by atoms with Crippen molar-refractivity contribution >= 4 is 23.2 Å². The van der Waals surface area contributed by atoms with Crippen molar-refractivity contribution in [3.05, 3.63) is 122 Å². The van der Waals surface area contributed by atoms with E-state index in [0.29, 0.717) is 12.1 Å². The maximum absolute atomic E-state index is 13.4. The van der Waals surface area contributed by atoms with Crippen molar-refractivity contribution in [1.29, 1.82) is 0 Å². The summed E-state index contributed by atoms with van der Waals surface area (Å²) in [6.07, 6.45) is -11.1. The highest BCUT2D eigenvalue weighted by molar-refractivity contribution is 7.09. The molecule has 0 aliphatic rings. The molecule has 7 nitrogen and oxygen atoms in total. The van der Waals surface area contributed by atoms with Crippen molar-refractivity contribution in [1.82, 2.24) is 20.5 Å². The zero-order chi connectivity index (χ0) is 34.4. The zero-order valence-electron chi connectivity index (χ0n) is 25.3. The summed E-state index contributed by atoms with van der Waals surface area (Å²) in [4.78, 5) is 32.3. The van der Waals surface area contributed by atoms with Crippen LogP contribution in [0.4, 0.5) is 26.3 Å². The quantitative estimate of drug-likeness (QED) is 0.154. The largest absolute Gasteiger partial charge is 0.416 e. The number of amides is 2. The standard InChI is InChI=1S/C33H32F6N4O3S/c1-20-19-47-29(41-20)18-43(2)31(46)24-10-6-9-23(14-24)30(45)42-27(13-21-7-4-3-5-8-21)28(44)17-40-16-22-11-25(32(34,35)36)15-26(12-22)33(37,38)39/h3-12,14-15,19,27-28,40,44H,13,16-18H2,1-2H3,(H,42,45)/t27-,28+/m0/s1. The molecule has 0 radical (unpaired) electrons. The van der Waals surface area contributed by atoms with Crippen LogP contribution in [0.2, 0.25) is 0 Å². The summed E-state index contributed by atoms with van der Waals surface area (Å²) in [5.41, 5.74) is -1.15. The van der Waals surface area contributed by atoms with Crippen molar-refractivity contribution in [2.45, 2.75) is 50.9 Å². The topological polar surface area (TPSA) is 94.6 Å². The van der Waals surface area contributed by atoms with E-state index in [1.165, 1.54) is 28.4 Å². The maximum atomic E-state index is 13.4. The van der Waals surface area contributed by atoms with E-state index in [4.69, 9.17) is 0 Å². The van der Waals surface area contributed by atoms with Gasteiger partial charge >= 0.3 is 12.4 Å². The van der Waals surface area contributed by atoms with Crippen LogP contribution in [0.25, 0.3) is 0 Å². The number of thiazole rings is 1. The lowest BCUT2D eigenvalue weighted by molar-refractivity contribution is -0.143. The molecule has 3 N–H and O–H groups in total. The van der Waals surface area contributed by atoms with E-state index in [1.807, 2.05) is 12.3 Å². The van der Waals surface area contributed by atoms with E-state index < -0.39 is 48.1 Å². The Morgan fingerprint density at radius 1 is 0.894 bits per heavy atom. The molecule has 3 aromatic carbocycles. The van der Waals surface area contributed by atoms with Crippen LogP contribution in [-0.4, -0.2) is 52.5 Å². The Morgan fingerprint density at radius 3 is 2.13 bits per heavy atom. The summed E-state index contributed by atoms with van der Waals surface area (Å²) < 4.78 is 79.6. The zero-order valence-corrected chi connectivity index (χ0v) is 26.1. The van der Waals surface area contributed by atoms with Crippen LogP contribution >= 0.6 is 11.3 Å². The van der Waals surface area contributed by atoms with Gasteiger partial charge in [0.25, 0.3) is 11.8 Å². The van der Waals surface area contributed by atoms with Crippen LogP contribution in [0.5, 0.6) is 0 Å². The van der Waals surface area contributed by atoms with Crippen molar-refractivity contribution in [3.8, 4) is 0 Å². The van der Waals surface area contributed by atoms with Gasteiger partial charge in [-0.1, -0.05) is 36.4 Å². The maximum Gasteiger partial charge on any atom is 0.416 e. The third kappa shape index (κ3) is 10.1. The van der Waals surface area contributed by atoms with Gasteiger partial charge in [-0.2, -0.15) is 26.3 Å². The highest BCUT2D eigenvalue weighted by Gasteiger charge is 2.37. The lowest BCUT2D eigenvalue weighted by atomic mass is 10.00. The van der Waals surface area contributed by atoms with Gasteiger partial charge in [0, 0.05) is 42.3 Å². The molecule has 250 valence electrons. The van der Waals surface area contributed by atoms with Gasteiger partial charge in [-0.3, -0.25) is 9.59 Å². The number of aromatic nitrogens is 1. The molecule has 0 aliphatic carbocycles. The summed E-state index contributed by atoms with van der Waals surface area (Å²) in [6.45, 7) is 1.46. The summed E-state index contributed by atoms with van der Waals surface area (Å²) >= 11 is 1.43. The molecular weight excluding hydrogens is 646 g/mol. The van der Waals surface area contributed by atoms with Gasteiger partial charge in [0.2, 0.25) is 0 Å². The second-order valence-electron chi connectivity index (χ2n) is 11.0. The minimum absolute atomic E-state index is 0.0478. The van der Waals surface area contributed by atoms with Crippen LogP contribution in [0.15, 0.2) is 78.2 Å². The number of carbonyl (C=O) groups excluding carboxylic acids is 2. The molecule has 0 saturated carbocycles. The van der Waals surface area contributed by atoms with E-state index in [2.05, 4.69) is 15.6 Å². The van der Waals surface area contributed by atoms with Crippen LogP contribution in [-0.2, 0) is 31.9 Å². The molecule has 4 rings (SSSR count). The van der Waals surface area contributed by atoms with Crippen LogP contribution in [0.1, 0.15) is 53.7 Å². The molecule has 0 fully saturated rings. The molecular formula is C33H32F6N4O3S. The van der Waals surface area contributed by atoms with Crippen LogP contribution < -0.4 is 10.6 Å². The highest BCUT2D eigenvalue weighted by atomic mass is 32.1. The normalized spacial score (nSPS) is 13.2. The van der Waals surface area contributed by atoms with Crippen molar-refractivity contribution in [3.63, 3.8) is 0 Å². The Balaban J connectivity index is 1.46. The number of aliphatic hydroxyl groups is 1. The summed E-state index contributed by atoms with van der Waals surface area (Å²) in [5, 5.41) is 19.2. The van der Waals surface area contributed by atoms with Gasteiger partial charge in [0.05, 0.1) is 29.8 Å². The molecule has 0 spiro atoms. The second-order valence-corrected chi connectivity index (χ2v) is 11.9. The Hall–Kier alpha value is -4.27. The first kappa shape index (κ1) is 35.6. The van der Waals surface area contributed by atoms with E-state index in [-0.39, 0.29) is 48.2 Å². The van der Waals surface area contributed by atoms with Gasteiger partial charge < -0.3 is 20.6 Å². The average molecular weight is 679 g/mol. The second kappa shape index (κ2) is 15.1. The van der Waals surface area contributed by atoms with E-state index >= 15 is 0 Å². The van der Waals surface area contributed by atoms with E-state index in [9.17, 15) is 41.0 Å². The molecule has 1 aromatic heterocycles. The molecule has 2 atom stereocenters. The molecule has 0 saturated heterocycles. The highest BCUT2D eigenvalue weighted by Crippen LogP contribution is 2.36. The number of alkyl halides is 6.